The van der Waals surface area contributed by atoms with Crippen molar-refractivity contribution in [2.75, 3.05) is 13.2 Å². The van der Waals surface area contributed by atoms with Crippen molar-refractivity contribution in [2.45, 2.75) is 37.8 Å². The molecule has 3 nitrogen and oxygen atoms in total. The normalized spacial score (nSPS) is 27.7. The second kappa shape index (κ2) is 5.53. The molecule has 0 N–H and O–H groups in total. The van der Waals surface area contributed by atoms with Crippen molar-refractivity contribution in [2.24, 2.45) is 5.10 Å². The van der Waals surface area contributed by atoms with E-state index < -0.39 is 0 Å². The SMILES string of the molecule is C1=NN(C2CCOC(Cc3ccccc3)C2)CC1. The Morgan fingerprint density at radius 3 is 2.94 bits per heavy atom. The first-order chi connectivity index (χ1) is 8.92. The quantitative estimate of drug-likeness (QED) is 0.816. The zero-order valence-electron chi connectivity index (χ0n) is 10.7. The van der Waals surface area contributed by atoms with E-state index in [0.717, 1.165) is 38.8 Å². The molecule has 0 aliphatic carbocycles. The van der Waals surface area contributed by atoms with E-state index in [1.807, 2.05) is 6.21 Å². The molecule has 1 aromatic rings. The summed E-state index contributed by atoms with van der Waals surface area (Å²) in [5.74, 6) is 0. The van der Waals surface area contributed by atoms with Crippen molar-refractivity contribution in [3.63, 3.8) is 0 Å². The third-order valence-corrected chi connectivity index (χ3v) is 3.78. The molecule has 0 spiro atoms. The number of benzene rings is 1. The van der Waals surface area contributed by atoms with Crippen LogP contribution < -0.4 is 0 Å². The first-order valence-corrected chi connectivity index (χ1v) is 6.86. The van der Waals surface area contributed by atoms with Gasteiger partial charge in [0.15, 0.2) is 0 Å². The second-order valence-corrected chi connectivity index (χ2v) is 5.11. The van der Waals surface area contributed by atoms with Gasteiger partial charge in [-0.25, -0.2) is 0 Å². The van der Waals surface area contributed by atoms with Crippen molar-refractivity contribution in [3.8, 4) is 0 Å². The molecule has 0 amide bonds. The van der Waals surface area contributed by atoms with Crippen LogP contribution in [0.5, 0.6) is 0 Å². The number of rotatable bonds is 3. The molecule has 2 unspecified atom stereocenters. The number of nitrogens with zero attached hydrogens (tertiary/aromatic N) is 2. The van der Waals surface area contributed by atoms with E-state index in [0.29, 0.717) is 12.1 Å². The van der Waals surface area contributed by atoms with Gasteiger partial charge in [-0.15, -0.1) is 0 Å². The highest BCUT2D eigenvalue weighted by Crippen LogP contribution is 2.23. The van der Waals surface area contributed by atoms with Crippen LogP contribution in [0.2, 0.25) is 0 Å². The highest BCUT2D eigenvalue weighted by molar-refractivity contribution is 5.58. The molecule has 2 aliphatic rings. The minimum absolute atomic E-state index is 0.349. The Morgan fingerprint density at radius 2 is 2.17 bits per heavy atom. The van der Waals surface area contributed by atoms with Crippen molar-refractivity contribution < 1.29 is 4.74 Å². The Labute approximate surface area is 108 Å². The van der Waals surface area contributed by atoms with Crippen LogP contribution in [-0.2, 0) is 11.2 Å². The van der Waals surface area contributed by atoms with E-state index in [2.05, 4.69) is 40.4 Å². The first-order valence-electron chi connectivity index (χ1n) is 6.86. The van der Waals surface area contributed by atoms with Crippen LogP contribution in [0.3, 0.4) is 0 Å². The molecule has 0 aromatic heterocycles. The number of hydrogen-bond acceptors (Lipinski definition) is 3. The number of ether oxygens (including phenoxy) is 1. The van der Waals surface area contributed by atoms with Crippen LogP contribution in [-0.4, -0.2) is 36.5 Å². The average Bonchev–Trinajstić information content (AvgIpc) is 2.94. The molecule has 1 fully saturated rings. The predicted molar refractivity (Wildman–Crippen MR) is 72.7 cm³/mol. The third kappa shape index (κ3) is 2.72. The lowest BCUT2D eigenvalue weighted by atomic mass is 9.97. The molecule has 3 rings (SSSR count). The van der Waals surface area contributed by atoms with Crippen LogP contribution in [0.15, 0.2) is 35.4 Å². The summed E-state index contributed by atoms with van der Waals surface area (Å²) in [5.41, 5.74) is 1.37. The molecule has 0 saturated carbocycles. The molecule has 0 radical (unpaired) electrons. The van der Waals surface area contributed by atoms with Crippen LogP contribution in [0.4, 0.5) is 0 Å². The summed E-state index contributed by atoms with van der Waals surface area (Å²) in [6.07, 6.45) is 6.72. The smallest absolute Gasteiger partial charge is 0.0635 e. The molecule has 2 atom stereocenters. The van der Waals surface area contributed by atoms with Gasteiger partial charge in [0, 0.05) is 25.8 Å². The molecule has 2 heterocycles. The Kier molecular flexibility index (Phi) is 3.60. The Morgan fingerprint density at radius 1 is 1.28 bits per heavy atom. The molecular weight excluding hydrogens is 224 g/mol. The van der Waals surface area contributed by atoms with Gasteiger partial charge in [-0.3, -0.25) is 5.01 Å². The van der Waals surface area contributed by atoms with Crippen molar-refractivity contribution in [1.82, 2.24) is 5.01 Å². The zero-order chi connectivity index (χ0) is 12.2. The fourth-order valence-electron chi connectivity index (χ4n) is 2.84. The average molecular weight is 244 g/mol. The van der Waals surface area contributed by atoms with Crippen LogP contribution in [0.1, 0.15) is 24.8 Å². The lowest BCUT2D eigenvalue weighted by molar-refractivity contribution is -0.0236. The molecular formula is C15H20N2O. The lowest BCUT2D eigenvalue weighted by Gasteiger charge is -2.34. The van der Waals surface area contributed by atoms with E-state index in [1.165, 1.54) is 5.56 Å². The highest BCUT2D eigenvalue weighted by atomic mass is 16.5. The topological polar surface area (TPSA) is 24.8 Å². The van der Waals surface area contributed by atoms with Crippen molar-refractivity contribution in [1.29, 1.82) is 0 Å². The summed E-state index contributed by atoms with van der Waals surface area (Å²) in [6.45, 7) is 1.96. The van der Waals surface area contributed by atoms with Gasteiger partial charge >= 0.3 is 0 Å². The van der Waals surface area contributed by atoms with Gasteiger partial charge in [0.2, 0.25) is 0 Å². The lowest BCUT2D eigenvalue weighted by Crippen LogP contribution is -2.39. The Hall–Kier alpha value is -1.35. The Bertz CT molecular complexity index is 404. The predicted octanol–water partition coefficient (Wildman–Crippen LogP) is 2.47. The van der Waals surface area contributed by atoms with Gasteiger partial charge in [0.25, 0.3) is 0 Å². The molecule has 1 aromatic carbocycles. The molecule has 18 heavy (non-hydrogen) atoms. The van der Waals surface area contributed by atoms with E-state index in [-0.39, 0.29) is 0 Å². The minimum atomic E-state index is 0.349. The number of hydrazone groups is 1. The van der Waals surface area contributed by atoms with Crippen LogP contribution in [0, 0.1) is 0 Å². The summed E-state index contributed by atoms with van der Waals surface area (Å²) < 4.78 is 5.89. The van der Waals surface area contributed by atoms with Crippen molar-refractivity contribution in [3.05, 3.63) is 35.9 Å². The molecule has 2 aliphatic heterocycles. The first kappa shape index (κ1) is 11.7. The van der Waals surface area contributed by atoms with Crippen molar-refractivity contribution >= 4 is 6.21 Å². The van der Waals surface area contributed by atoms with E-state index in [1.54, 1.807) is 0 Å². The summed E-state index contributed by atoms with van der Waals surface area (Å²) in [6, 6.07) is 11.2. The summed E-state index contributed by atoms with van der Waals surface area (Å²) in [5, 5.41) is 6.70. The fraction of sp³-hybridized carbons (Fsp3) is 0.533. The monoisotopic (exact) mass is 244 g/mol. The molecule has 1 saturated heterocycles. The Balaban J connectivity index is 1.58. The van der Waals surface area contributed by atoms with E-state index in [4.69, 9.17) is 4.74 Å². The molecule has 0 bridgehead atoms. The van der Waals surface area contributed by atoms with Gasteiger partial charge in [-0.2, -0.15) is 5.10 Å². The minimum Gasteiger partial charge on any atom is -0.378 e. The maximum atomic E-state index is 5.89. The second-order valence-electron chi connectivity index (χ2n) is 5.11. The molecule has 3 heteroatoms. The molecule has 96 valence electrons. The van der Waals surface area contributed by atoms with E-state index in [9.17, 15) is 0 Å². The van der Waals surface area contributed by atoms with Gasteiger partial charge in [0.1, 0.15) is 0 Å². The van der Waals surface area contributed by atoms with Crippen LogP contribution >= 0.6 is 0 Å². The van der Waals surface area contributed by atoms with Gasteiger partial charge in [-0.05, 0) is 24.8 Å². The summed E-state index contributed by atoms with van der Waals surface area (Å²) in [7, 11) is 0. The van der Waals surface area contributed by atoms with E-state index >= 15 is 0 Å². The maximum Gasteiger partial charge on any atom is 0.0635 e. The van der Waals surface area contributed by atoms with Gasteiger partial charge < -0.3 is 4.74 Å². The van der Waals surface area contributed by atoms with Gasteiger partial charge in [-0.1, -0.05) is 30.3 Å². The number of hydrogen-bond donors (Lipinski definition) is 0. The summed E-state index contributed by atoms with van der Waals surface area (Å²) >= 11 is 0. The fourth-order valence-corrected chi connectivity index (χ4v) is 2.84. The van der Waals surface area contributed by atoms with Crippen LogP contribution in [0.25, 0.3) is 0 Å². The highest BCUT2D eigenvalue weighted by Gasteiger charge is 2.27. The largest absolute Gasteiger partial charge is 0.378 e. The summed E-state index contributed by atoms with van der Waals surface area (Å²) in [4.78, 5) is 0. The van der Waals surface area contributed by atoms with Gasteiger partial charge in [0.05, 0.1) is 12.1 Å². The maximum absolute atomic E-state index is 5.89. The third-order valence-electron chi connectivity index (χ3n) is 3.78. The standard InChI is InChI=1S/C15H20N2O/c1-2-5-13(6-3-1)11-15-12-14(7-10-18-15)17-9-4-8-16-17/h1-3,5-6,8,14-15H,4,7,9-12H2. The zero-order valence-corrected chi connectivity index (χ0v) is 10.7.